The van der Waals surface area contributed by atoms with E-state index >= 15 is 0 Å². The van der Waals surface area contributed by atoms with Crippen molar-refractivity contribution in [3.8, 4) is 39.8 Å². The summed E-state index contributed by atoms with van der Waals surface area (Å²) >= 11 is 0. The molecular formula is C22H20N4O4. The summed E-state index contributed by atoms with van der Waals surface area (Å²) in [6, 6.07) is 10.8. The molecule has 0 saturated heterocycles. The lowest BCUT2D eigenvalue weighted by molar-refractivity contribution is 0.166. The van der Waals surface area contributed by atoms with Gasteiger partial charge in [0.25, 0.3) is 5.56 Å². The van der Waals surface area contributed by atoms with Gasteiger partial charge in [-0.3, -0.25) is 14.9 Å². The number of ether oxygens (including phenoxy) is 3. The average Bonchev–Trinajstić information content (AvgIpc) is 3.33. The fourth-order valence-electron chi connectivity index (χ4n) is 3.61. The van der Waals surface area contributed by atoms with Crippen molar-refractivity contribution in [2.24, 2.45) is 0 Å². The van der Waals surface area contributed by atoms with Gasteiger partial charge in [0.2, 0.25) is 12.5 Å². The van der Waals surface area contributed by atoms with E-state index in [2.05, 4.69) is 10.1 Å². The van der Waals surface area contributed by atoms with Crippen LogP contribution in [0.25, 0.3) is 28.2 Å². The van der Waals surface area contributed by atoms with Gasteiger partial charge in [-0.1, -0.05) is 6.07 Å². The van der Waals surface area contributed by atoms with Crippen LogP contribution in [0.15, 0.2) is 47.4 Å². The van der Waals surface area contributed by atoms with Crippen LogP contribution < -0.4 is 19.8 Å². The molecule has 0 bridgehead atoms. The molecule has 0 saturated carbocycles. The first kappa shape index (κ1) is 18.2. The van der Waals surface area contributed by atoms with E-state index in [4.69, 9.17) is 19.2 Å². The van der Waals surface area contributed by atoms with E-state index < -0.39 is 0 Å². The monoisotopic (exact) mass is 404 g/mol. The zero-order valence-corrected chi connectivity index (χ0v) is 16.8. The Morgan fingerprint density at radius 1 is 1.17 bits per heavy atom. The van der Waals surface area contributed by atoms with Crippen LogP contribution in [0.1, 0.15) is 19.5 Å². The minimum atomic E-state index is -0.228. The Morgan fingerprint density at radius 3 is 2.80 bits per heavy atom. The summed E-state index contributed by atoms with van der Waals surface area (Å²) in [5.41, 5.74) is 3.75. The number of benzene rings is 1. The zero-order chi connectivity index (χ0) is 20.8. The molecule has 5 rings (SSSR count). The Labute approximate surface area is 172 Å². The van der Waals surface area contributed by atoms with E-state index in [0.29, 0.717) is 34.2 Å². The van der Waals surface area contributed by atoms with Crippen LogP contribution in [0.2, 0.25) is 0 Å². The molecule has 152 valence electrons. The Bertz CT molecular complexity index is 1310. The molecule has 0 amide bonds. The van der Waals surface area contributed by atoms with Crippen LogP contribution in [-0.2, 0) is 0 Å². The molecule has 1 N–H and O–H groups in total. The van der Waals surface area contributed by atoms with Gasteiger partial charge in [0.15, 0.2) is 17.1 Å². The number of nitrogens with zero attached hydrogens (tertiary/aromatic N) is 3. The van der Waals surface area contributed by atoms with Crippen molar-refractivity contribution < 1.29 is 14.2 Å². The van der Waals surface area contributed by atoms with Gasteiger partial charge in [-0.2, -0.15) is 0 Å². The van der Waals surface area contributed by atoms with Gasteiger partial charge in [-0.15, -0.1) is 0 Å². The van der Waals surface area contributed by atoms with Crippen LogP contribution in [0.5, 0.6) is 17.2 Å². The largest absolute Gasteiger partial charge is 0.486 e. The molecule has 0 radical (unpaired) electrons. The predicted octanol–water partition coefficient (Wildman–Crippen LogP) is 3.58. The highest BCUT2D eigenvalue weighted by atomic mass is 16.7. The Morgan fingerprint density at radius 2 is 2.03 bits per heavy atom. The van der Waals surface area contributed by atoms with Crippen molar-refractivity contribution in [2.75, 3.05) is 6.79 Å². The SMILES string of the molecule is Cc1[nH]n2c(=O)cc(-c3ccc4c(c3OC(C)C)OCO4)nc2c1-c1ccccn1. The maximum absolute atomic E-state index is 12.9. The number of fused-ring (bicyclic) bond motifs is 2. The molecule has 0 atom stereocenters. The number of aromatic amines is 1. The summed E-state index contributed by atoms with van der Waals surface area (Å²) in [4.78, 5) is 22.2. The fourth-order valence-corrected chi connectivity index (χ4v) is 3.61. The number of nitrogens with one attached hydrogen (secondary N) is 1. The Balaban J connectivity index is 1.76. The smallest absolute Gasteiger partial charge is 0.273 e. The van der Waals surface area contributed by atoms with Gasteiger partial charge in [0.05, 0.1) is 23.1 Å². The fraction of sp³-hybridized carbons (Fsp3) is 0.227. The number of hydrogen-bond acceptors (Lipinski definition) is 6. The molecule has 1 aromatic carbocycles. The maximum Gasteiger partial charge on any atom is 0.273 e. The quantitative estimate of drug-likeness (QED) is 0.559. The van der Waals surface area contributed by atoms with E-state index in [1.807, 2.05) is 45.0 Å². The van der Waals surface area contributed by atoms with Gasteiger partial charge in [0, 0.05) is 23.5 Å². The second-order valence-corrected chi connectivity index (χ2v) is 7.31. The van der Waals surface area contributed by atoms with Crippen molar-refractivity contribution in [1.29, 1.82) is 0 Å². The van der Waals surface area contributed by atoms with E-state index in [9.17, 15) is 4.79 Å². The molecule has 30 heavy (non-hydrogen) atoms. The van der Waals surface area contributed by atoms with E-state index in [-0.39, 0.29) is 18.5 Å². The number of H-pyrrole nitrogens is 1. The topological polar surface area (TPSA) is 90.7 Å². The van der Waals surface area contributed by atoms with Crippen LogP contribution in [0.3, 0.4) is 0 Å². The molecule has 1 aliphatic rings. The third-order valence-corrected chi connectivity index (χ3v) is 4.84. The highest BCUT2D eigenvalue weighted by Gasteiger charge is 2.25. The van der Waals surface area contributed by atoms with Gasteiger partial charge in [-0.05, 0) is 45.0 Å². The first-order chi connectivity index (χ1) is 14.5. The van der Waals surface area contributed by atoms with Gasteiger partial charge >= 0.3 is 0 Å². The van der Waals surface area contributed by atoms with Crippen molar-refractivity contribution >= 4 is 5.65 Å². The van der Waals surface area contributed by atoms with E-state index in [1.54, 1.807) is 12.3 Å². The molecular weight excluding hydrogens is 384 g/mol. The standard InChI is InChI=1S/C22H20N4O4/c1-12(2)30-20-14(7-8-17-21(20)29-11-28-17)16-10-18(27)26-22(24-16)19(13(3)25-26)15-6-4-5-9-23-15/h4-10,12,25H,11H2,1-3H3. The lowest BCUT2D eigenvalue weighted by atomic mass is 10.1. The second-order valence-electron chi connectivity index (χ2n) is 7.31. The number of rotatable bonds is 4. The molecule has 0 unspecified atom stereocenters. The molecule has 0 aliphatic carbocycles. The molecule has 4 aromatic rings. The van der Waals surface area contributed by atoms with Crippen LogP contribution in [0, 0.1) is 6.92 Å². The highest BCUT2D eigenvalue weighted by Crippen LogP contribution is 2.47. The third-order valence-electron chi connectivity index (χ3n) is 4.84. The molecule has 8 heteroatoms. The number of aryl methyl sites for hydroxylation is 1. The number of pyridine rings is 1. The summed E-state index contributed by atoms with van der Waals surface area (Å²) in [6.07, 6.45) is 1.62. The third kappa shape index (κ3) is 2.88. The van der Waals surface area contributed by atoms with E-state index in [0.717, 1.165) is 17.0 Å². The minimum absolute atomic E-state index is 0.0946. The molecule has 0 spiro atoms. The van der Waals surface area contributed by atoms with Gasteiger partial charge in [-0.25, -0.2) is 9.50 Å². The molecule has 8 nitrogen and oxygen atoms in total. The summed E-state index contributed by atoms with van der Waals surface area (Å²) < 4.78 is 18.6. The molecule has 1 aliphatic heterocycles. The average molecular weight is 404 g/mol. The van der Waals surface area contributed by atoms with Crippen LogP contribution in [0.4, 0.5) is 0 Å². The normalized spacial score (nSPS) is 12.7. The van der Waals surface area contributed by atoms with Gasteiger partial charge < -0.3 is 14.2 Å². The minimum Gasteiger partial charge on any atom is -0.486 e. The first-order valence-electron chi connectivity index (χ1n) is 9.66. The Kier molecular flexibility index (Phi) is 4.20. The summed E-state index contributed by atoms with van der Waals surface area (Å²) in [5, 5.41) is 3.09. The molecule has 0 fully saturated rings. The first-order valence-corrected chi connectivity index (χ1v) is 9.66. The molecule has 4 heterocycles. The van der Waals surface area contributed by atoms with Crippen molar-refractivity contribution in [3.05, 3.63) is 58.6 Å². The lowest BCUT2D eigenvalue weighted by Gasteiger charge is -2.16. The van der Waals surface area contributed by atoms with Gasteiger partial charge in [0.1, 0.15) is 0 Å². The number of aromatic nitrogens is 4. The Hall–Kier alpha value is -3.81. The summed E-state index contributed by atoms with van der Waals surface area (Å²) in [6.45, 7) is 5.88. The summed E-state index contributed by atoms with van der Waals surface area (Å²) in [7, 11) is 0. The van der Waals surface area contributed by atoms with Crippen molar-refractivity contribution in [2.45, 2.75) is 26.9 Å². The van der Waals surface area contributed by atoms with Crippen LogP contribution >= 0.6 is 0 Å². The number of hydrogen-bond donors (Lipinski definition) is 1. The highest BCUT2D eigenvalue weighted by molar-refractivity contribution is 5.81. The maximum atomic E-state index is 12.9. The van der Waals surface area contributed by atoms with Crippen molar-refractivity contribution in [3.63, 3.8) is 0 Å². The lowest BCUT2D eigenvalue weighted by Crippen LogP contribution is -2.15. The molecule has 3 aromatic heterocycles. The van der Waals surface area contributed by atoms with E-state index in [1.165, 1.54) is 10.6 Å². The summed E-state index contributed by atoms with van der Waals surface area (Å²) in [5.74, 6) is 1.65. The second kappa shape index (κ2) is 6.91. The van der Waals surface area contributed by atoms with Crippen LogP contribution in [-0.4, -0.2) is 32.5 Å². The van der Waals surface area contributed by atoms with Crippen molar-refractivity contribution in [1.82, 2.24) is 19.6 Å². The zero-order valence-electron chi connectivity index (χ0n) is 16.8. The predicted molar refractivity (Wildman–Crippen MR) is 111 cm³/mol.